The normalized spacial score (nSPS) is 10.8. The summed E-state index contributed by atoms with van der Waals surface area (Å²) in [6, 6.07) is 11.4. The average Bonchev–Trinajstić information content (AvgIpc) is 2.70. The highest BCUT2D eigenvalue weighted by Gasteiger charge is 2.10. The number of aromatic nitrogens is 2. The smallest absolute Gasteiger partial charge is 0.249 e. The van der Waals surface area contributed by atoms with Crippen molar-refractivity contribution in [3.8, 4) is 17.7 Å². The highest BCUT2D eigenvalue weighted by Crippen LogP contribution is 2.19. The van der Waals surface area contributed by atoms with Crippen molar-refractivity contribution in [2.24, 2.45) is 0 Å². The molecule has 2 aromatic carbocycles. The summed E-state index contributed by atoms with van der Waals surface area (Å²) in [6.45, 7) is 2.17. The Labute approximate surface area is 174 Å². The molecule has 7 heteroatoms. The number of fused-ring (bicyclic) bond motifs is 1. The second-order valence-electron chi connectivity index (χ2n) is 6.53. The summed E-state index contributed by atoms with van der Waals surface area (Å²) in [7, 11) is 3.97. The van der Waals surface area contributed by atoms with Crippen LogP contribution in [0.25, 0.3) is 11.0 Å². The summed E-state index contributed by atoms with van der Waals surface area (Å²) in [5.74, 6) is 5.89. The maximum atomic E-state index is 13.6. The van der Waals surface area contributed by atoms with Crippen LogP contribution in [0, 0.1) is 17.7 Å². The number of likely N-dealkylation sites (N-methyl/N-ethyl adjacent to an activating group) is 1. The lowest BCUT2D eigenvalue weighted by molar-refractivity contribution is 0.0875. The molecule has 0 saturated carbocycles. The summed E-state index contributed by atoms with van der Waals surface area (Å²) in [6.07, 6.45) is 0. The third kappa shape index (κ3) is 6.40. The van der Waals surface area contributed by atoms with Gasteiger partial charge < -0.3 is 14.4 Å². The maximum absolute atomic E-state index is 13.6. The minimum atomic E-state index is -0.383. The Morgan fingerprint density at radius 2 is 1.76 bits per heavy atom. The van der Waals surface area contributed by atoms with Crippen molar-refractivity contribution in [2.75, 3.05) is 40.5 Å². The second-order valence-corrected chi connectivity index (χ2v) is 6.97. The van der Waals surface area contributed by atoms with Crippen molar-refractivity contribution < 1.29 is 13.9 Å². The molecule has 5 nitrogen and oxygen atoms in total. The highest BCUT2D eigenvalue weighted by atomic mass is 35.5. The number of hydrogen-bond acceptors (Lipinski definition) is 5. The van der Waals surface area contributed by atoms with Crippen molar-refractivity contribution in [1.29, 1.82) is 0 Å². The Kier molecular flexibility index (Phi) is 7.36. The van der Waals surface area contributed by atoms with E-state index in [0.29, 0.717) is 47.5 Å². The first-order chi connectivity index (χ1) is 14.0. The molecule has 0 atom stereocenters. The van der Waals surface area contributed by atoms with Crippen molar-refractivity contribution in [1.82, 2.24) is 14.9 Å². The topological polar surface area (TPSA) is 47.5 Å². The lowest BCUT2D eigenvalue weighted by Crippen LogP contribution is -2.19. The molecule has 29 heavy (non-hydrogen) atoms. The first-order valence-electron chi connectivity index (χ1n) is 9.11. The SMILES string of the molecule is CN(C)CCOCCOc1nc2ccc(F)cc2nc1C#Cc1ccc(Cl)cc1. The van der Waals surface area contributed by atoms with E-state index in [2.05, 4.69) is 21.8 Å². The van der Waals surface area contributed by atoms with E-state index in [4.69, 9.17) is 21.1 Å². The van der Waals surface area contributed by atoms with Crippen molar-refractivity contribution >= 4 is 22.6 Å². The lowest BCUT2D eigenvalue weighted by Gasteiger charge is -2.11. The van der Waals surface area contributed by atoms with E-state index in [1.54, 1.807) is 18.2 Å². The molecule has 0 radical (unpaired) electrons. The molecule has 0 amide bonds. The number of halogens is 2. The van der Waals surface area contributed by atoms with E-state index in [0.717, 1.165) is 12.1 Å². The van der Waals surface area contributed by atoms with Gasteiger partial charge in [-0.1, -0.05) is 17.5 Å². The summed E-state index contributed by atoms with van der Waals surface area (Å²) < 4.78 is 24.9. The monoisotopic (exact) mass is 413 g/mol. The molecular formula is C22H21ClFN3O2. The van der Waals surface area contributed by atoms with Crippen molar-refractivity contribution in [2.45, 2.75) is 0 Å². The fraction of sp³-hybridized carbons (Fsp3) is 0.273. The van der Waals surface area contributed by atoms with Gasteiger partial charge in [-0.05, 0) is 56.4 Å². The molecule has 0 aliphatic carbocycles. The summed E-state index contributed by atoms with van der Waals surface area (Å²) in [5, 5.41) is 0.634. The molecule has 3 rings (SSSR count). The number of ether oxygens (including phenoxy) is 2. The van der Waals surface area contributed by atoms with Gasteiger partial charge in [-0.25, -0.2) is 14.4 Å². The van der Waals surface area contributed by atoms with Crippen LogP contribution in [0.4, 0.5) is 4.39 Å². The Bertz CT molecular complexity index is 1030. The molecule has 1 heterocycles. The van der Waals surface area contributed by atoms with Crippen LogP contribution in [0.2, 0.25) is 5.02 Å². The zero-order valence-corrected chi connectivity index (χ0v) is 17.0. The summed E-state index contributed by atoms with van der Waals surface area (Å²) in [5.41, 5.74) is 2.06. The van der Waals surface area contributed by atoms with E-state index >= 15 is 0 Å². The molecule has 0 saturated heterocycles. The third-order valence-electron chi connectivity index (χ3n) is 3.91. The Balaban J connectivity index is 1.79. The highest BCUT2D eigenvalue weighted by molar-refractivity contribution is 6.30. The molecule has 0 N–H and O–H groups in total. The summed E-state index contributed by atoms with van der Waals surface area (Å²) >= 11 is 5.90. The van der Waals surface area contributed by atoms with Crippen LogP contribution in [0.1, 0.15) is 11.3 Å². The van der Waals surface area contributed by atoms with Gasteiger partial charge in [0.2, 0.25) is 5.88 Å². The van der Waals surface area contributed by atoms with Crippen LogP contribution in [-0.4, -0.2) is 55.3 Å². The van der Waals surface area contributed by atoms with Gasteiger partial charge in [0.15, 0.2) is 5.69 Å². The Morgan fingerprint density at radius 3 is 2.52 bits per heavy atom. The molecule has 3 aromatic rings. The maximum Gasteiger partial charge on any atom is 0.249 e. The van der Waals surface area contributed by atoms with Gasteiger partial charge in [0.1, 0.15) is 12.4 Å². The van der Waals surface area contributed by atoms with Crippen molar-refractivity contribution in [3.05, 3.63) is 64.6 Å². The fourth-order valence-electron chi connectivity index (χ4n) is 2.40. The van der Waals surface area contributed by atoms with Gasteiger partial charge >= 0.3 is 0 Å². The second kappa shape index (κ2) is 10.2. The fourth-order valence-corrected chi connectivity index (χ4v) is 2.53. The Morgan fingerprint density at radius 1 is 0.966 bits per heavy atom. The van der Waals surface area contributed by atoms with Crippen LogP contribution in [0.15, 0.2) is 42.5 Å². The molecule has 150 valence electrons. The molecule has 0 bridgehead atoms. The molecule has 0 spiro atoms. The van der Waals surface area contributed by atoms with E-state index in [1.807, 2.05) is 31.1 Å². The molecular weight excluding hydrogens is 393 g/mol. The van der Waals surface area contributed by atoms with E-state index in [9.17, 15) is 4.39 Å². The van der Waals surface area contributed by atoms with E-state index < -0.39 is 0 Å². The first kappa shape index (κ1) is 21.0. The van der Waals surface area contributed by atoms with Crippen LogP contribution in [0.5, 0.6) is 5.88 Å². The molecule has 0 aliphatic heterocycles. The van der Waals surface area contributed by atoms with Gasteiger partial charge in [0.05, 0.1) is 24.2 Å². The Hall–Kier alpha value is -2.72. The number of hydrogen-bond donors (Lipinski definition) is 0. The van der Waals surface area contributed by atoms with E-state index in [-0.39, 0.29) is 5.82 Å². The van der Waals surface area contributed by atoms with E-state index in [1.165, 1.54) is 12.1 Å². The quantitative estimate of drug-likeness (QED) is 0.436. The molecule has 0 aliphatic rings. The zero-order chi connectivity index (χ0) is 20.6. The van der Waals surface area contributed by atoms with Crippen molar-refractivity contribution in [3.63, 3.8) is 0 Å². The van der Waals surface area contributed by atoms with Gasteiger partial charge in [-0.3, -0.25) is 0 Å². The largest absolute Gasteiger partial charge is 0.473 e. The predicted molar refractivity (Wildman–Crippen MR) is 112 cm³/mol. The molecule has 0 fully saturated rings. The minimum absolute atomic E-state index is 0.293. The molecule has 0 unspecified atom stereocenters. The van der Waals surface area contributed by atoms with Gasteiger partial charge in [0, 0.05) is 23.2 Å². The number of rotatable bonds is 7. The first-order valence-corrected chi connectivity index (χ1v) is 9.49. The number of benzene rings is 2. The van der Waals surface area contributed by atoms with Crippen LogP contribution < -0.4 is 4.74 Å². The minimum Gasteiger partial charge on any atom is -0.473 e. The van der Waals surface area contributed by atoms with Gasteiger partial charge in [0.25, 0.3) is 0 Å². The van der Waals surface area contributed by atoms with Crippen LogP contribution >= 0.6 is 11.6 Å². The number of nitrogens with zero attached hydrogens (tertiary/aromatic N) is 3. The van der Waals surface area contributed by atoms with Crippen LogP contribution in [-0.2, 0) is 4.74 Å². The third-order valence-corrected chi connectivity index (χ3v) is 4.17. The molecule has 1 aromatic heterocycles. The van der Waals surface area contributed by atoms with Crippen LogP contribution in [0.3, 0.4) is 0 Å². The summed E-state index contributed by atoms with van der Waals surface area (Å²) in [4.78, 5) is 10.9. The van der Waals surface area contributed by atoms with Gasteiger partial charge in [-0.2, -0.15) is 0 Å². The standard InChI is InChI=1S/C22H21ClFN3O2/c1-27(2)11-12-28-13-14-29-22-20(9-5-16-3-6-17(23)7-4-16)25-21-15-18(24)8-10-19(21)26-22/h3-4,6-8,10,15H,11-14H2,1-2H3. The lowest BCUT2D eigenvalue weighted by atomic mass is 10.2. The average molecular weight is 414 g/mol. The van der Waals surface area contributed by atoms with Gasteiger partial charge in [-0.15, -0.1) is 0 Å². The zero-order valence-electron chi connectivity index (χ0n) is 16.3. The predicted octanol–water partition coefficient (Wildman–Crippen LogP) is 3.78.